The molecule has 0 spiro atoms. The second kappa shape index (κ2) is 7.13. The summed E-state index contributed by atoms with van der Waals surface area (Å²) in [5.41, 5.74) is 0.255. The third-order valence-electron chi connectivity index (χ3n) is 2.22. The minimum atomic E-state index is -1.15. The summed E-state index contributed by atoms with van der Waals surface area (Å²) in [7, 11) is 0. The van der Waals surface area contributed by atoms with E-state index in [4.69, 9.17) is 22.1 Å². The number of anilines is 1. The molecule has 1 aromatic carbocycles. The number of carboxylic acids is 1. The number of aromatic carboxylic acids is 1. The van der Waals surface area contributed by atoms with E-state index >= 15 is 0 Å². The van der Waals surface area contributed by atoms with Gasteiger partial charge in [-0.25, -0.2) is 10.6 Å². The second-order valence-corrected chi connectivity index (χ2v) is 4.40. The average molecular weight is 293 g/mol. The molecule has 0 radical (unpaired) electrons. The molecule has 9 heteroatoms. The summed E-state index contributed by atoms with van der Waals surface area (Å²) < 4.78 is 0. The van der Waals surface area contributed by atoms with E-state index in [0.717, 1.165) is 16.8 Å². The van der Waals surface area contributed by atoms with Crippen molar-refractivity contribution < 1.29 is 14.7 Å². The summed E-state index contributed by atoms with van der Waals surface area (Å²) in [5.74, 6) is 9.90. The first-order valence-electron chi connectivity index (χ1n) is 5.21. The molecule has 0 unspecified atom stereocenters. The SMILES string of the molecule is N#Cc1cc(C(=O)O)ccc1N(N)/C(=N\N)SCC=O. The van der Waals surface area contributed by atoms with Crippen LogP contribution in [0.1, 0.15) is 15.9 Å². The van der Waals surface area contributed by atoms with Crippen LogP contribution in [-0.2, 0) is 4.79 Å². The van der Waals surface area contributed by atoms with Gasteiger partial charge < -0.3 is 15.7 Å². The number of nitrogens with two attached hydrogens (primary N) is 2. The Labute approximate surface area is 118 Å². The molecule has 0 saturated heterocycles. The summed E-state index contributed by atoms with van der Waals surface area (Å²) in [6.45, 7) is 0. The topological polar surface area (TPSA) is 146 Å². The van der Waals surface area contributed by atoms with Crippen LogP contribution in [0.2, 0.25) is 0 Å². The number of hydrogen-bond donors (Lipinski definition) is 3. The van der Waals surface area contributed by atoms with Gasteiger partial charge in [0.25, 0.3) is 0 Å². The second-order valence-electron chi connectivity index (χ2n) is 3.41. The number of hydrazone groups is 1. The number of aldehydes is 1. The molecule has 5 N–H and O–H groups in total. The summed E-state index contributed by atoms with van der Waals surface area (Å²) in [6.07, 6.45) is 0.655. The summed E-state index contributed by atoms with van der Waals surface area (Å²) in [6, 6.07) is 5.71. The van der Waals surface area contributed by atoms with E-state index in [-0.39, 0.29) is 27.7 Å². The standard InChI is InChI=1S/C11H11N5O3S/c12-6-8-5-7(10(18)19)1-2-9(8)16(14)11(15-13)20-4-3-17/h1-3,5H,4,13-14H2,(H,18,19)/b15-11+. The molecule has 20 heavy (non-hydrogen) atoms. The molecule has 0 amide bonds. The van der Waals surface area contributed by atoms with Gasteiger partial charge in [-0.15, -0.1) is 0 Å². The highest BCUT2D eigenvalue weighted by atomic mass is 32.2. The monoisotopic (exact) mass is 293 g/mol. The zero-order valence-electron chi connectivity index (χ0n) is 10.2. The highest BCUT2D eigenvalue weighted by Gasteiger charge is 2.16. The third-order valence-corrected chi connectivity index (χ3v) is 3.08. The van der Waals surface area contributed by atoms with Crippen LogP contribution in [-0.4, -0.2) is 28.3 Å². The Bertz CT molecular complexity index is 596. The Morgan fingerprint density at radius 3 is 2.80 bits per heavy atom. The highest BCUT2D eigenvalue weighted by molar-refractivity contribution is 8.14. The predicted octanol–water partition coefficient (Wildman–Crippen LogP) is 0.0984. The van der Waals surface area contributed by atoms with E-state index in [1.807, 2.05) is 6.07 Å². The molecular formula is C11H11N5O3S. The fraction of sp³-hybridized carbons (Fsp3) is 0.0909. The molecule has 0 heterocycles. The van der Waals surface area contributed by atoms with Gasteiger partial charge in [0.15, 0.2) is 0 Å². The van der Waals surface area contributed by atoms with Crippen molar-refractivity contribution in [2.75, 3.05) is 10.8 Å². The minimum absolute atomic E-state index is 0.0366. The Balaban J connectivity index is 3.15. The van der Waals surface area contributed by atoms with Crippen LogP contribution >= 0.6 is 11.8 Å². The first-order chi connectivity index (χ1) is 9.54. The molecule has 0 aliphatic rings. The molecule has 0 bridgehead atoms. The maximum absolute atomic E-state index is 10.8. The number of thioether (sulfide) groups is 1. The van der Waals surface area contributed by atoms with Crippen LogP contribution in [0.4, 0.5) is 5.69 Å². The van der Waals surface area contributed by atoms with Crippen molar-refractivity contribution >= 4 is 34.9 Å². The summed E-state index contributed by atoms with van der Waals surface area (Å²) in [4.78, 5) is 21.2. The Kier molecular flexibility index (Phi) is 5.52. The molecular weight excluding hydrogens is 282 g/mol. The van der Waals surface area contributed by atoms with Gasteiger partial charge in [0.1, 0.15) is 12.4 Å². The number of carboxylic acid groups (broad SMARTS) is 1. The number of rotatable bonds is 4. The van der Waals surface area contributed by atoms with Gasteiger partial charge in [0, 0.05) is 0 Å². The van der Waals surface area contributed by atoms with Crippen molar-refractivity contribution in [1.82, 2.24) is 0 Å². The smallest absolute Gasteiger partial charge is 0.335 e. The van der Waals surface area contributed by atoms with Crippen molar-refractivity contribution in [3.63, 3.8) is 0 Å². The van der Waals surface area contributed by atoms with E-state index in [1.165, 1.54) is 18.2 Å². The molecule has 0 fully saturated rings. The molecule has 8 nitrogen and oxygen atoms in total. The van der Waals surface area contributed by atoms with Gasteiger partial charge >= 0.3 is 5.97 Å². The third kappa shape index (κ3) is 3.47. The highest BCUT2D eigenvalue weighted by Crippen LogP contribution is 2.22. The van der Waals surface area contributed by atoms with Crippen LogP contribution in [0.5, 0.6) is 0 Å². The molecule has 0 aromatic heterocycles. The van der Waals surface area contributed by atoms with Gasteiger partial charge in [0.2, 0.25) is 5.17 Å². The van der Waals surface area contributed by atoms with Crippen LogP contribution in [0, 0.1) is 11.3 Å². The molecule has 104 valence electrons. The number of amidine groups is 1. The van der Waals surface area contributed by atoms with Crippen molar-refractivity contribution in [2.24, 2.45) is 16.8 Å². The van der Waals surface area contributed by atoms with E-state index in [1.54, 1.807) is 0 Å². The zero-order chi connectivity index (χ0) is 15.1. The van der Waals surface area contributed by atoms with Gasteiger partial charge in [-0.1, -0.05) is 11.8 Å². The van der Waals surface area contributed by atoms with E-state index < -0.39 is 5.97 Å². The molecule has 0 atom stereocenters. The Hall–Kier alpha value is -2.57. The molecule has 0 saturated carbocycles. The van der Waals surface area contributed by atoms with Crippen molar-refractivity contribution in [3.8, 4) is 6.07 Å². The fourth-order valence-electron chi connectivity index (χ4n) is 1.35. The molecule has 0 aliphatic carbocycles. The molecule has 0 aliphatic heterocycles. The van der Waals surface area contributed by atoms with Gasteiger partial charge in [0.05, 0.1) is 22.6 Å². The first-order valence-corrected chi connectivity index (χ1v) is 6.20. The number of benzene rings is 1. The number of hydrogen-bond acceptors (Lipinski definition) is 7. The lowest BCUT2D eigenvalue weighted by Gasteiger charge is -2.20. The quantitative estimate of drug-likeness (QED) is 0.233. The van der Waals surface area contributed by atoms with Crippen LogP contribution in [0.25, 0.3) is 0 Å². The predicted molar refractivity (Wildman–Crippen MR) is 74.9 cm³/mol. The van der Waals surface area contributed by atoms with Crippen LogP contribution in [0.3, 0.4) is 0 Å². The normalized spacial score (nSPS) is 10.7. The lowest BCUT2D eigenvalue weighted by Crippen LogP contribution is -2.37. The lowest BCUT2D eigenvalue weighted by molar-refractivity contribution is -0.105. The Morgan fingerprint density at radius 2 is 2.30 bits per heavy atom. The number of hydrazine groups is 1. The van der Waals surface area contributed by atoms with E-state index in [9.17, 15) is 9.59 Å². The largest absolute Gasteiger partial charge is 0.478 e. The number of carbonyl (C=O) groups is 2. The van der Waals surface area contributed by atoms with Gasteiger partial charge in [-0.05, 0) is 18.2 Å². The van der Waals surface area contributed by atoms with Gasteiger partial charge in [-0.3, -0.25) is 5.01 Å². The van der Waals surface area contributed by atoms with E-state index in [0.29, 0.717) is 6.29 Å². The van der Waals surface area contributed by atoms with Crippen molar-refractivity contribution in [2.45, 2.75) is 0 Å². The van der Waals surface area contributed by atoms with Gasteiger partial charge in [-0.2, -0.15) is 10.4 Å². The summed E-state index contributed by atoms with van der Waals surface area (Å²) in [5, 5.41) is 22.5. The number of nitrogens with zero attached hydrogens (tertiary/aromatic N) is 3. The van der Waals surface area contributed by atoms with Crippen LogP contribution in [0.15, 0.2) is 23.3 Å². The maximum Gasteiger partial charge on any atom is 0.335 e. The minimum Gasteiger partial charge on any atom is -0.478 e. The van der Waals surface area contributed by atoms with Crippen LogP contribution < -0.4 is 16.7 Å². The van der Waals surface area contributed by atoms with Crippen molar-refractivity contribution in [3.05, 3.63) is 29.3 Å². The molecule has 1 aromatic rings. The zero-order valence-corrected chi connectivity index (χ0v) is 11.0. The molecule has 1 rings (SSSR count). The van der Waals surface area contributed by atoms with Crippen molar-refractivity contribution in [1.29, 1.82) is 5.26 Å². The summed E-state index contributed by atoms with van der Waals surface area (Å²) >= 11 is 0.986. The first kappa shape index (κ1) is 15.5. The maximum atomic E-state index is 10.8. The Morgan fingerprint density at radius 1 is 1.60 bits per heavy atom. The average Bonchev–Trinajstić information content (AvgIpc) is 2.46. The number of carbonyl (C=O) groups excluding carboxylic acids is 1. The fourth-order valence-corrected chi connectivity index (χ4v) is 1.88. The number of nitriles is 1. The lowest BCUT2D eigenvalue weighted by atomic mass is 10.1. The van der Waals surface area contributed by atoms with E-state index in [2.05, 4.69) is 5.10 Å².